The van der Waals surface area contributed by atoms with Crippen molar-refractivity contribution in [3.8, 4) is 0 Å². The van der Waals surface area contributed by atoms with Gasteiger partial charge in [-0.15, -0.1) is 0 Å². The fourth-order valence-corrected chi connectivity index (χ4v) is 3.93. The molecule has 2 N–H and O–H groups in total. The lowest BCUT2D eigenvalue weighted by molar-refractivity contribution is 0.179. The Balaban J connectivity index is 2.27. The molecule has 1 saturated heterocycles. The van der Waals surface area contributed by atoms with Crippen LogP contribution >= 0.6 is 11.8 Å². The minimum absolute atomic E-state index is 0.411. The molecule has 1 unspecified atom stereocenters. The van der Waals surface area contributed by atoms with Crippen LogP contribution in [0.15, 0.2) is 0 Å². The topological polar surface area (TPSA) is 29.3 Å². The molecule has 1 rings (SSSR count). The molecular formula is C15H32N2S. The Kier molecular flexibility index (Phi) is 7.66. The average molecular weight is 273 g/mol. The van der Waals surface area contributed by atoms with Gasteiger partial charge in [-0.3, -0.25) is 4.90 Å². The largest absolute Gasteiger partial charge is 0.329 e. The average Bonchev–Trinajstić information content (AvgIpc) is 2.32. The predicted octanol–water partition coefficient (Wildman–Crippen LogP) is 3.50. The van der Waals surface area contributed by atoms with Crippen LogP contribution < -0.4 is 5.73 Å². The summed E-state index contributed by atoms with van der Waals surface area (Å²) in [5.41, 5.74) is 5.98. The van der Waals surface area contributed by atoms with Gasteiger partial charge in [0.15, 0.2) is 0 Å². The van der Waals surface area contributed by atoms with E-state index in [-0.39, 0.29) is 0 Å². The number of hydrogen-bond acceptors (Lipinski definition) is 3. The first-order chi connectivity index (χ1) is 8.59. The quantitative estimate of drug-likeness (QED) is 0.686. The molecule has 1 aliphatic rings. The number of thioether (sulfide) groups is 1. The van der Waals surface area contributed by atoms with Gasteiger partial charge in [0, 0.05) is 36.2 Å². The molecule has 0 aromatic heterocycles. The fourth-order valence-electron chi connectivity index (χ4n) is 2.80. The van der Waals surface area contributed by atoms with E-state index in [0.29, 0.717) is 10.8 Å². The van der Waals surface area contributed by atoms with E-state index in [4.69, 9.17) is 5.73 Å². The Morgan fingerprint density at radius 2 is 1.94 bits per heavy atom. The van der Waals surface area contributed by atoms with Gasteiger partial charge in [0.1, 0.15) is 0 Å². The first-order valence-electron chi connectivity index (χ1n) is 7.67. The van der Waals surface area contributed by atoms with Gasteiger partial charge in [0.05, 0.1) is 0 Å². The van der Waals surface area contributed by atoms with Crippen molar-refractivity contribution in [1.29, 1.82) is 0 Å². The van der Waals surface area contributed by atoms with E-state index in [1.807, 2.05) is 0 Å². The van der Waals surface area contributed by atoms with Crippen molar-refractivity contribution in [3.63, 3.8) is 0 Å². The van der Waals surface area contributed by atoms with Crippen LogP contribution in [0.1, 0.15) is 59.3 Å². The highest BCUT2D eigenvalue weighted by Crippen LogP contribution is 2.31. The molecule has 1 atom stereocenters. The third kappa shape index (κ3) is 5.94. The lowest BCUT2D eigenvalue weighted by Crippen LogP contribution is -2.50. The lowest BCUT2D eigenvalue weighted by Gasteiger charge is -2.41. The molecule has 3 heteroatoms. The van der Waals surface area contributed by atoms with E-state index in [0.717, 1.165) is 6.54 Å². The number of nitrogens with two attached hydrogens (primary N) is 1. The van der Waals surface area contributed by atoms with Crippen molar-refractivity contribution in [2.24, 2.45) is 5.73 Å². The van der Waals surface area contributed by atoms with E-state index in [1.165, 1.54) is 57.4 Å². The van der Waals surface area contributed by atoms with Crippen LogP contribution in [-0.4, -0.2) is 41.1 Å². The molecule has 0 saturated carbocycles. The third-order valence-electron chi connectivity index (χ3n) is 3.88. The summed E-state index contributed by atoms with van der Waals surface area (Å²) < 4.78 is 0.411. The summed E-state index contributed by atoms with van der Waals surface area (Å²) in [5.74, 6) is 1.26. The van der Waals surface area contributed by atoms with Crippen LogP contribution in [0, 0.1) is 0 Å². The van der Waals surface area contributed by atoms with Crippen LogP contribution in [0.4, 0.5) is 0 Å². The SMILES string of the molecule is CCCCCCCC(CN)N1CCSC(C)(C)C1. The molecule has 0 spiro atoms. The van der Waals surface area contributed by atoms with Gasteiger partial charge < -0.3 is 5.73 Å². The molecule has 1 aliphatic heterocycles. The summed E-state index contributed by atoms with van der Waals surface area (Å²) in [7, 11) is 0. The van der Waals surface area contributed by atoms with Crippen LogP contribution in [0.2, 0.25) is 0 Å². The standard InChI is InChI=1S/C15H32N2S/c1-4-5-6-7-8-9-14(12-16)17-10-11-18-15(2,3)13-17/h14H,4-13,16H2,1-3H3. The minimum Gasteiger partial charge on any atom is -0.329 e. The second kappa shape index (κ2) is 8.44. The zero-order chi connectivity index (χ0) is 13.4. The molecule has 0 radical (unpaired) electrons. The van der Waals surface area contributed by atoms with Crippen molar-refractivity contribution < 1.29 is 0 Å². The maximum Gasteiger partial charge on any atom is 0.0231 e. The van der Waals surface area contributed by atoms with E-state index in [9.17, 15) is 0 Å². The molecule has 108 valence electrons. The molecule has 18 heavy (non-hydrogen) atoms. The van der Waals surface area contributed by atoms with Gasteiger partial charge in [0.2, 0.25) is 0 Å². The van der Waals surface area contributed by atoms with Crippen LogP contribution in [0.3, 0.4) is 0 Å². The van der Waals surface area contributed by atoms with Gasteiger partial charge in [0.25, 0.3) is 0 Å². The lowest BCUT2D eigenvalue weighted by atomic mass is 10.0. The summed E-state index contributed by atoms with van der Waals surface area (Å²) in [5, 5.41) is 0. The minimum atomic E-state index is 0.411. The molecule has 0 aromatic carbocycles. The van der Waals surface area contributed by atoms with Crippen LogP contribution in [-0.2, 0) is 0 Å². The summed E-state index contributed by atoms with van der Waals surface area (Å²) in [6.07, 6.45) is 8.15. The number of hydrogen-bond donors (Lipinski definition) is 1. The number of rotatable bonds is 8. The van der Waals surface area contributed by atoms with E-state index in [1.54, 1.807) is 0 Å². The highest BCUT2D eigenvalue weighted by atomic mass is 32.2. The van der Waals surface area contributed by atoms with Crippen molar-refractivity contribution in [2.75, 3.05) is 25.4 Å². The Labute approximate surface area is 118 Å². The Bertz CT molecular complexity index is 219. The van der Waals surface area contributed by atoms with E-state index >= 15 is 0 Å². The van der Waals surface area contributed by atoms with E-state index < -0.39 is 0 Å². The molecule has 0 bridgehead atoms. The van der Waals surface area contributed by atoms with Crippen LogP contribution in [0.25, 0.3) is 0 Å². The van der Waals surface area contributed by atoms with Crippen molar-refractivity contribution in [2.45, 2.75) is 70.1 Å². The summed E-state index contributed by atoms with van der Waals surface area (Å²) in [6.45, 7) is 10.3. The first-order valence-corrected chi connectivity index (χ1v) is 8.65. The normalized spacial score (nSPS) is 22.0. The first kappa shape index (κ1) is 16.3. The maximum absolute atomic E-state index is 5.98. The second-order valence-electron chi connectivity index (χ2n) is 6.17. The van der Waals surface area contributed by atoms with Gasteiger partial charge in [-0.2, -0.15) is 11.8 Å². The molecule has 1 fully saturated rings. The van der Waals surface area contributed by atoms with Crippen molar-refractivity contribution in [3.05, 3.63) is 0 Å². The van der Waals surface area contributed by atoms with Crippen molar-refractivity contribution >= 4 is 11.8 Å². The number of nitrogens with zero attached hydrogens (tertiary/aromatic N) is 1. The zero-order valence-electron chi connectivity index (χ0n) is 12.6. The third-order valence-corrected chi connectivity index (χ3v) is 5.18. The molecule has 2 nitrogen and oxygen atoms in total. The molecular weight excluding hydrogens is 240 g/mol. The highest BCUT2D eigenvalue weighted by Gasteiger charge is 2.30. The fraction of sp³-hybridized carbons (Fsp3) is 1.00. The smallest absolute Gasteiger partial charge is 0.0231 e. The molecule has 0 amide bonds. The monoisotopic (exact) mass is 272 g/mol. The summed E-state index contributed by atoms with van der Waals surface area (Å²) >= 11 is 2.10. The molecule has 0 aliphatic carbocycles. The van der Waals surface area contributed by atoms with Gasteiger partial charge in [-0.05, 0) is 20.3 Å². The van der Waals surface area contributed by atoms with Gasteiger partial charge in [-0.25, -0.2) is 0 Å². The second-order valence-corrected chi connectivity index (χ2v) is 7.97. The maximum atomic E-state index is 5.98. The van der Waals surface area contributed by atoms with Gasteiger partial charge >= 0.3 is 0 Å². The Morgan fingerprint density at radius 1 is 1.22 bits per heavy atom. The zero-order valence-corrected chi connectivity index (χ0v) is 13.4. The Hall–Kier alpha value is 0.270. The van der Waals surface area contributed by atoms with E-state index in [2.05, 4.69) is 37.4 Å². The predicted molar refractivity (Wildman–Crippen MR) is 84.3 cm³/mol. The highest BCUT2D eigenvalue weighted by molar-refractivity contribution is 8.00. The Morgan fingerprint density at radius 3 is 2.56 bits per heavy atom. The van der Waals surface area contributed by atoms with Crippen LogP contribution in [0.5, 0.6) is 0 Å². The summed E-state index contributed by atoms with van der Waals surface area (Å²) in [6, 6.07) is 0.617. The summed E-state index contributed by atoms with van der Waals surface area (Å²) in [4.78, 5) is 2.64. The molecule has 1 heterocycles. The van der Waals surface area contributed by atoms with Gasteiger partial charge in [-0.1, -0.05) is 39.0 Å². The number of unbranched alkanes of at least 4 members (excludes halogenated alkanes) is 4. The van der Waals surface area contributed by atoms with Crippen molar-refractivity contribution in [1.82, 2.24) is 4.90 Å². The molecule has 0 aromatic rings.